The quantitative estimate of drug-likeness (QED) is 0.406. The number of halogens is 4. The lowest BCUT2D eigenvalue weighted by atomic mass is 9.83. The van der Waals surface area contributed by atoms with Gasteiger partial charge in [0.15, 0.2) is 0 Å². The predicted octanol–water partition coefficient (Wildman–Crippen LogP) is 5.87. The monoisotopic (exact) mass is 465 g/mol. The number of carboxylic acid groups (broad SMARTS) is 1. The molecule has 1 aromatic carbocycles. The molecule has 0 aliphatic rings. The molecule has 33 heavy (non-hydrogen) atoms. The molecule has 0 atom stereocenters. The average molecular weight is 465 g/mol. The summed E-state index contributed by atoms with van der Waals surface area (Å²) in [7, 11) is 0. The summed E-state index contributed by atoms with van der Waals surface area (Å²) in [6.07, 6.45) is -1.70. The fourth-order valence-corrected chi connectivity index (χ4v) is 3.42. The van der Waals surface area contributed by atoms with Crippen LogP contribution >= 0.6 is 0 Å². The zero-order valence-electron chi connectivity index (χ0n) is 18.3. The second-order valence-electron chi connectivity index (χ2n) is 7.76. The Balaban J connectivity index is 1.82. The van der Waals surface area contributed by atoms with Gasteiger partial charge in [0, 0.05) is 17.8 Å². The lowest BCUT2D eigenvalue weighted by molar-refractivity contribution is -0.151. The third kappa shape index (κ3) is 4.99. The topological polar surface area (TPSA) is 88.1 Å². The fraction of sp³-hybridized carbons (Fsp3) is 0.348. The van der Waals surface area contributed by atoms with Crippen molar-refractivity contribution in [1.82, 2.24) is 15.0 Å². The van der Waals surface area contributed by atoms with Crippen LogP contribution in [0, 0.1) is 18.2 Å². The maximum absolute atomic E-state index is 14.7. The van der Waals surface area contributed by atoms with E-state index in [1.54, 1.807) is 32.9 Å². The first-order valence-electron chi connectivity index (χ1n) is 10.3. The van der Waals surface area contributed by atoms with Gasteiger partial charge in [0.2, 0.25) is 5.88 Å². The summed E-state index contributed by atoms with van der Waals surface area (Å²) in [5.74, 6) is -1.65. The largest absolute Gasteiger partial charge is 0.481 e. The summed E-state index contributed by atoms with van der Waals surface area (Å²) >= 11 is 0. The molecule has 2 N–H and O–H groups in total. The van der Waals surface area contributed by atoms with Crippen molar-refractivity contribution in [1.29, 1.82) is 0 Å². The van der Waals surface area contributed by atoms with E-state index in [0.29, 0.717) is 35.7 Å². The van der Waals surface area contributed by atoms with Gasteiger partial charge in [-0.15, -0.1) is 0 Å². The second-order valence-corrected chi connectivity index (χ2v) is 7.76. The first-order chi connectivity index (χ1) is 15.5. The number of nitrogens with one attached hydrogen (secondary N) is 1. The van der Waals surface area contributed by atoms with Gasteiger partial charge in [-0.1, -0.05) is 19.9 Å². The Kier molecular flexibility index (Phi) is 6.76. The summed E-state index contributed by atoms with van der Waals surface area (Å²) in [4.78, 5) is 21.5. The number of carboxylic acids is 1. The minimum absolute atomic E-state index is 0.0342. The van der Waals surface area contributed by atoms with Gasteiger partial charge in [-0.3, -0.25) is 4.79 Å². The molecule has 0 unspecified atom stereocenters. The first kappa shape index (κ1) is 24.2. The van der Waals surface area contributed by atoms with Crippen LogP contribution in [0.15, 0.2) is 36.7 Å². The number of nitrogens with zero attached hydrogens (tertiary/aromatic N) is 2. The number of hydrogen-bond donors (Lipinski definition) is 2. The number of benzene rings is 1. The SMILES string of the molecule is CCC(CC)(COc1cc(C)c(-c2ccc(-c3ncc(C(F)(F)F)[nH]3)c(F)c2)cn1)C(=O)O. The van der Waals surface area contributed by atoms with Crippen LogP contribution < -0.4 is 4.74 Å². The van der Waals surface area contributed by atoms with E-state index in [4.69, 9.17) is 4.74 Å². The number of imidazole rings is 1. The molecule has 2 aromatic heterocycles. The first-order valence-corrected chi connectivity index (χ1v) is 10.3. The molecule has 3 rings (SSSR count). The van der Waals surface area contributed by atoms with E-state index < -0.39 is 29.1 Å². The average Bonchev–Trinajstić information content (AvgIpc) is 3.25. The van der Waals surface area contributed by atoms with Crippen molar-refractivity contribution >= 4 is 5.97 Å². The molecule has 0 radical (unpaired) electrons. The van der Waals surface area contributed by atoms with Crippen LogP contribution in [-0.2, 0) is 11.0 Å². The van der Waals surface area contributed by atoms with Gasteiger partial charge in [0.25, 0.3) is 0 Å². The van der Waals surface area contributed by atoms with E-state index in [0.717, 1.165) is 0 Å². The number of aryl methyl sites for hydroxylation is 1. The smallest absolute Gasteiger partial charge is 0.432 e. The highest BCUT2D eigenvalue weighted by atomic mass is 19.4. The number of aromatic nitrogens is 3. The van der Waals surface area contributed by atoms with Crippen molar-refractivity contribution in [3.63, 3.8) is 0 Å². The van der Waals surface area contributed by atoms with Gasteiger partial charge < -0.3 is 14.8 Å². The van der Waals surface area contributed by atoms with Crippen LogP contribution in [0.25, 0.3) is 22.5 Å². The van der Waals surface area contributed by atoms with Crippen molar-refractivity contribution in [2.45, 2.75) is 39.8 Å². The summed E-state index contributed by atoms with van der Waals surface area (Å²) in [6.45, 7) is 5.30. The van der Waals surface area contributed by atoms with Crippen molar-refractivity contribution in [3.05, 3.63) is 53.7 Å². The maximum Gasteiger partial charge on any atom is 0.432 e. The molecule has 6 nitrogen and oxygen atoms in total. The third-order valence-electron chi connectivity index (χ3n) is 5.81. The number of alkyl halides is 3. The van der Waals surface area contributed by atoms with E-state index in [2.05, 4.69) is 15.0 Å². The fourth-order valence-electron chi connectivity index (χ4n) is 3.42. The highest BCUT2D eigenvalue weighted by molar-refractivity contribution is 5.74. The predicted molar refractivity (Wildman–Crippen MR) is 113 cm³/mol. The Hall–Kier alpha value is -3.43. The van der Waals surface area contributed by atoms with E-state index in [1.165, 1.54) is 18.3 Å². The minimum atomic E-state index is -4.60. The van der Waals surface area contributed by atoms with Crippen molar-refractivity contribution in [2.24, 2.45) is 5.41 Å². The van der Waals surface area contributed by atoms with E-state index in [1.807, 2.05) is 0 Å². The Morgan fingerprint density at radius 2 is 1.79 bits per heavy atom. The number of H-pyrrole nitrogens is 1. The van der Waals surface area contributed by atoms with Crippen molar-refractivity contribution in [2.75, 3.05) is 6.61 Å². The summed E-state index contributed by atoms with van der Waals surface area (Å²) in [5, 5.41) is 9.52. The number of ether oxygens (including phenoxy) is 1. The molecule has 2 heterocycles. The maximum atomic E-state index is 14.7. The molecular weight excluding hydrogens is 442 g/mol. The lowest BCUT2D eigenvalue weighted by Crippen LogP contribution is -2.36. The van der Waals surface area contributed by atoms with Gasteiger partial charge in [-0.25, -0.2) is 14.4 Å². The zero-order valence-corrected chi connectivity index (χ0v) is 18.3. The molecule has 0 fully saturated rings. The van der Waals surface area contributed by atoms with Gasteiger partial charge >= 0.3 is 12.1 Å². The molecular formula is C23H23F4N3O3. The number of pyridine rings is 1. The molecule has 0 spiro atoms. The van der Waals surface area contributed by atoms with Crippen LogP contribution in [0.3, 0.4) is 0 Å². The Morgan fingerprint density at radius 1 is 1.09 bits per heavy atom. The van der Waals surface area contributed by atoms with Crippen LogP contribution in [0.1, 0.15) is 37.9 Å². The van der Waals surface area contributed by atoms with Gasteiger partial charge in [0.05, 0.1) is 11.8 Å². The molecule has 0 saturated carbocycles. The lowest BCUT2D eigenvalue weighted by Gasteiger charge is -2.26. The van der Waals surface area contributed by atoms with Crippen LogP contribution in [-0.4, -0.2) is 32.6 Å². The molecule has 0 aliphatic heterocycles. The number of rotatable bonds is 8. The number of aromatic amines is 1. The normalized spacial score (nSPS) is 12.1. The molecule has 0 bridgehead atoms. The Labute approximate surface area is 187 Å². The zero-order chi connectivity index (χ0) is 24.4. The van der Waals surface area contributed by atoms with Crippen molar-refractivity contribution < 1.29 is 32.2 Å². The molecule has 0 aliphatic carbocycles. The van der Waals surface area contributed by atoms with Gasteiger partial charge in [-0.05, 0) is 43.0 Å². The van der Waals surface area contributed by atoms with Gasteiger partial charge in [-0.2, -0.15) is 13.2 Å². The minimum Gasteiger partial charge on any atom is -0.481 e. The highest BCUT2D eigenvalue weighted by Gasteiger charge is 2.36. The Morgan fingerprint density at radius 3 is 2.30 bits per heavy atom. The summed E-state index contributed by atoms with van der Waals surface area (Å²) in [5.41, 5.74) is -0.390. The Bertz CT molecular complexity index is 1150. The number of aliphatic carboxylic acids is 1. The number of carbonyl (C=O) groups is 1. The number of hydrogen-bond acceptors (Lipinski definition) is 4. The summed E-state index contributed by atoms with van der Waals surface area (Å²) in [6, 6.07) is 5.72. The van der Waals surface area contributed by atoms with E-state index >= 15 is 0 Å². The highest BCUT2D eigenvalue weighted by Crippen LogP contribution is 2.33. The standard InChI is InChI=1S/C23H23F4N3O3/c1-4-22(5-2,21(31)32)12-33-19-8-13(3)16(10-28-19)14-6-7-15(17(24)9-14)20-29-11-18(30-20)23(25,26)27/h6-11H,4-5,12H2,1-3H3,(H,29,30)(H,31,32). The van der Waals surface area contributed by atoms with Crippen LogP contribution in [0.4, 0.5) is 17.6 Å². The van der Waals surface area contributed by atoms with Gasteiger partial charge in [0.1, 0.15) is 29.4 Å². The summed E-state index contributed by atoms with van der Waals surface area (Å²) < 4.78 is 58.7. The molecule has 0 amide bonds. The third-order valence-corrected chi connectivity index (χ3v) is 5.81. The molecule has 10 heteroatoms. The van der Waals surface area contributed by atoms with Crippen molar-refractivity contribution in [3.8, 4) is 28.4 Å². The van der Waals surface area contributed by atoms with Crippen LogP contribution in [0.5, 0.6) is 5.88 Å². The molecule has 3 aromatic rings. The molecule has 176 valence electrons. The van der Waals surface area contributed by atoms with E-state index in [9.17, 15) is 27.5 Å². The van der Waals surface area contributed by atoms with E-state index in [-0.39, 0.29) is 23.9 Å². The second kappa shape index (κ2) is 9.21. The van der Waals surface area contributed by atoms with Crippen LogP contribution in [0.2, 0.25) is 0 Å². The molecule has 0 saturated heterocycles.